The number of carboxylic acid groups (broad SMARTS) is 1. The summed E-state index contributed by atoms with van der Waals surface area (Å²) in [6, 6.07) is 16.3. The van der Waals surface area contributed by atoms with E-state index in [0.29, 0.717) is 23.6 Å². The first-order valence-electron chi connectivity index (χ1n) is 6.33. The fourth-order valence-corrected chi connectivity index (χ4v) is 2.25. The van der Waals surface area contributed by atoms with Crippen molar-refractivity contribution in [1.82, 2.24) is 0 Å². The lowest BCUT2D eigenvalue weighted by Gasteiger charge is -2.14. The third kappa shape index (κ3) is 3.75. The molecule has 0 fully saturated rings. The van der Waals surface area contributed by atoms with E-state index in [1.807, 2.05) is 30.3 Å². The largest absolute Gasteiger partial charge is 0.494 e. The zero-order valence-corrected chi connectivity index (χ0v) is 11.6. The Hall–Kier alpha value is -2.00. The van der Waals surface area contributed by atoms with Gasteiger partial charge in [-0.05, 0) is 30.2 Å². The first-order valence-corrected chi connectivity index (χ1v) is 6.71. The van der Waals surface area contributed by atoms with Crippen molar-refractivity contribution in [3.05, 3.63) is 65.2 Å². The molecule has 3 nitrogen and oxygen atoms in total. The molecule has 4 heteroatoms. The average molecular weight is 291 g/mol. The van der Waals surface area contributed by atoms with Crippen LogP contribution in [0.15, 0.2) is 54.6 Å². The topological polar surface area (TPSA) is 46.5 Å². The van der Waals surface area contributed by atoms with Crippen molar-refractivity contribution in [3.8, 4) is 5.75 Å². The monoisotopic (exact) mass is 290 g/mol. The maximum Gasteiger partial charge on any atom is 0.311 e. The molecule has 0 amide bonds. The molecule has 0 aliphatic heterocycles. The molecule has 2 rings (SSSR count). The molecule has 0 radical (unpaired) electrons. The summed E-state index contributed by atoms with van der Waals surface area (Å²) in [5.41, 5.74) is 0.623. The number of ether oxygens (including phenoxy) is 1. The number of carboxylic acids is 1. The number of hydrogen-bond donors (Lipinski definition) is 1. The first kappa shape index (κ1) is 14.4. The van der Waals surface area contributed by atoms with E-state index in [1.165, 1.54) is 0 Å². The van der Waals surface area contributed by atoms with Crippen molar-refractivity contribution < 1.29 is 14.6 Å². The zero-order chi connectivity index (χ0) is 14.4. The molecule has 2 aromatic carbocycles. The minimum atomic E-state index is -0.894. The summed E-state index contributed by atoms with van der Waals surface area (Å²) < 4.78 is 5.54. The SMILES string of the molecule is O=C(O)C(CCOc1ccccc1)c1ccccc1Cl. The van der Waals surface area contributed by atoms with Crippen LogP contribution in [-0.4, -0.2) is 17.7 Å². The van der Waals surface area contributed by atoms with Gasteiger partial charge >= 0.3 is 5.97 Å². The smallest absolute Gasteiger partial charge is 0.311 e. The molecule has 1 N–H and O–H groups in total. The van der Waals surface area contributed by atoms with Gasteiger partial charge in [0.05, 0.1) is 12.5 Å². The highest BCUT2D eigenvalue weighted by atomic mass is 35.5. The molecule has 0 bridgehead atoms. The molecule has 0 saturated carbocycles. The highest BCUT2D eigenvalue weighted by molar-refractivity contribution is 6.31. The van der Waals surface area contributed by atoms with Gasteiger partial charge in [0.2, 0.25) is 0 Å². The van der Waals surface area contributed by atoms with Crippen molar-refractivity contribution in [3.63, 3.8) is 0 Å². The summed E-state index contributed by atoms with van der Waals surface area (Å²) in [7, 11) is 0. The predicted molar refractivity (Wildman–Crippen MR) is 78.4 cm³/mol. The molecule has 1 unspecified atom stereocenters. The maximum atomic E-state index is 11.4. The quantitative estimate of drug-likeness (QED) is 0.875. The Bertz CT molecular complexity index is 569. The second-order valence-electron chi connectivity index (χ2n) is 4.36. The summed E-state index contributed by atoms with van der Waals surface area (Å²) >= 11 is 6.05. The molecule has 2 aromatic rings. The van der Waals surface area contributed by atoms with Gasteiger partial charge in [-0.2, -0.15) is 0 Å². The van der Waals surface area contributed by atoms with E-state index >= 15 is 0 Å². The maximum absolute atomic E-state index is 11.4. The van der Waals surface area contributed by atoms with Crippen molar-refractivity contribution in [2.45, 2.75) is 12.3 Å². The van der Waals surface area contributed by atoms with Gasteiger partial charge in [-0.1, -0.05) is 48.0 Å². The van der Waals surface area contributed by atoms with Crippen LogP contribution < -0.4 is 4.74 Å². The van der Waals surface area contributed by atoms with Crippen LogP contribution in [-0.2, 0) is 4.79 Å². The molecule has 0 aliphatic rings. The zero-order valence-electron chi connectivity index (χ0n) is 10.8. The number of benzene rings is 2. The molecule has 0 aliphatic carbocycles. The van der Waals surface area contributed by atoms with Crippen molar-refractivity contribution in [2.24, 2.45) is 0 Å². The number of rotatable bonds is 6. The van der Waals surface area contributed by atoms with Crippen LogP contribution in [0.1, 0.15) is 17.9 Å². The van der Waals surface area contributed by atoms with Crippen LogP contribution in [0.2, 0.25) is 5.02 Å². The number of halogens is 1. The summed E-state index contributed by atoms with van der Waals surface area (Å²) in [4.78, 5) is 11.4. The highest BCUT2D eigenvalue weighted by Gasteiger charge is 2.22. The van der Waals surface area contributed by atoms with E-state index in [-0.39, 0.29) is 0 Å². The van der Waals surface area contributed by atoms with Gasteiger partial charge in [0.25, 0.3) is 0 Å². The van der Waals surface area contributed by atoms with Crippen LogP contribution >= 0.6 is 11.6 Å². The van der Waals surface area contributed by atoms with Crippen molar-refractivity contribution in [2.75, 3.05) is 6.61 Å². The molecule has 0 saturated heterocycles. The Morgan fingerprint density at radius 2 is 1.75 bits per heavy atom. The molecule has 1 atom stereocenters. The van der Waals surface area contributed by atoms with Gasteiger partial charge in [-0.15, -0.1) is 0 Å². The summed E-state index contributed by atoms with van der Waals surface area (Å²) in [6.07, 6.45) is 0.369. The minimum absolute atomic E-state index is 0.326. The van der Waals surface area contributed by atoms with Crippen LogP contribution in [0, 0.1) is 0 Å². The Labute approximate surface area is 122 Å². The highest BCUT2D eigenvalue weighted by Crippen LogP contribution is 2.27. The molecule has 20 heavy (non-hydrogen) atoms. The van der Waals surface area contributed by atoms with Crippen LogP contribution in [0.5, 0.6) is 5.75 Å². The molecule has 0 aromatic heterocycles. The molecule has 104 valence electrons. The fourth-order valence-electron chi connectivity index (χ4n) is 1.98. The molecule has 0 spiro atoms. The van der Waals surface area contributed by atoms with E-state index < -0.39 is 11.9 Å². The van der Waals surface area contributed by atoms with E-state index in [9.17, 15) is 9.90 Å². The Kier molecular flexibility index (Phi) is 5.02. The lowest BCUT2D eigenvalue weighted by molar-refractivity contribution is -0.139. The van der Waals surface area contributed by atoms with Gasteiger partial charge < -0.3 is 9.84 Å². The van der Waals surface area contributed by atoms with E-state index in [4.69, 9.17) is 16.3 Å². The van der Waals surface area contributed by atoms with E-state index in [0.717, 1.165) is 5.75 Å². The van der Waals surface area contributed by atoms with Gasteiger partial charge in [-0.25, -0.2) is 0 Å². The fraction of sp³-hybridized carbons (Fsp3) is 0.188. The van der Waals surface area contributed by atoms with Crippen LogP contribution in [0.25, 0.3) is 0 Å². The number of para-hydroxylation sites is 1. The Balaban J connectivity index is 2.01. The van der Waals surface area contributed by atoms with Crippen molar-refractivity contribution >= 4 is 17.6 Å². The third-order valence-electron chi connectivity index (χ3n) is 3.00. The van der Waals surface area contributed by atoms with Gasteiger partial charge in [0.15, 0.2) is 0 Å². The average Bonchev–Trinajstić information content (AvgIpc) is 2.45. The standard InChI is InChI=1S/C16H15ClO3/c17-15-9-5-4-8-13(15)14(16(18)19)10-11-20-12-6-2-1-3-7-12/h1-9,14H,10-11H2,(H,18,19). The van der Waals surface area contributed by atoms with E-state index in [2.05, 4.69) is 0 Å². The molecule has 0 heterocycles. The Morgan fingerprint density at radius 3 is 2.40 bits per heavy atom. The lowest BCUT2D eigenvalue weighted by Crippen LogP contribution is -2.15. The number of hydrogen-bond acceptors (Lipinski definition) is 2. The molecular weight excluding hydrogens is 276 g/mol. The van der Waals surface area contributed by atoms with Gasteiger partial charge in [0, 0.05) is 5.02 Å². The normalized spacial score (nSPS) is 11.8. The lowest BCUT2D eigenvalue weighted by atomic mass is 9.96. The van der Waals surface area contributed by atoms with Gasteiger partial charge in [-0.3, -0.25) is 4.79 Å². The first-order chi connectivity index (χ1) is 9.68. The second-order valence-corrected chi connectivity index (χ2v) is 4.77. The summed E-state index contributed by atoms with van der Waals surface area (Å²) in [5.74, 6) is -0.821. The molecular formula is C16H15ClO3. The number of aliphatic carboxylic acids is 1. The Morgan fingerprint density at radius 1 is 1.10 bits per heavy atom. The number of carbonyl (C=O) groups is 1. The van der Waals surface area contributed by atoms with E-state index in [1.54, 1.807) is 24.3 Å². The third-order valence-corrected chi connectivity index (χ3v) is 3.34. The van der Waals surface area contributed by atoms with Crippen LogP contribution in [0.4, 0.5) is 0 Å². The summed E-state index contributed by atoms with van der Waals surface area (Å²) in [6.45, 7) is 0.326. The van der Waals surface area contributed by atoms with Gasteiger partial charge in [0.1, 0.15) is 5.75 Å². The second kappa shape index (κ2) is 6.96. The van der Waals surface area contributed by atoms with Crippen LogP contribution in [0.3, 0.4) is 0 Å². The van der Waals surface area contributed by atoms with Crippen molar-refractivity contribution in [1.29, 1.82) is 0 Å². The minimum Gasteiger partial charge on any atom is -0.494 e. The predicted octanol–water partition coefficient (Wildman–Crippen LogP) is 3.98. The summed E-state index contributed by atoms with van der Waals surface area (Å²) in [5, 5.41) is 9.81.